The molecule has 1 aromatic rings. The maximum Gasteiger partial charge on any atom is 0.319 e. The molecule has 0 radical (unpaired) electrons. The van der Waals surface area contributed by atoms with E-state index in [2.05, 4.69) is 10.6 Å². The van der Waals surface area contributed by atoms with Gasteiger partial charge in [0, 0.05) is 17.8 Å². The highest BCUT2D eigenvalue weighted by molar-refractivity contribution is 6.30. The third-order valence-corrected chi connectivity index (χ3v) is 2.10. The monoisotopic (exact) mass is 259 g/mol. The zero-order valence-corrected chi connectivity index (χ0v) is 9.79. The first-order valence-corrected chi connectivity index (χ1v) is 5.09. The number of benzene rings is 1. The van der Waals surface area contributed by atoms with Gasteiger partial charge in [-0.1, -0.05) is 16.1 Å². The molecule has 0 aliphatic rings. The molecule has 1 aromatic carbocycles. The van der Waals surface area contributed by atoms with Crippen molar-refractivity contribution in [3.05, 3.63) is 29.3 Å². The first-order chi connectivity index (χ1) is 7.99. The number of hydrogen-bond acceptors (Lipinski definition) is 2. The number of carbonyl (C=O) groups excluding carboxylic acids is 2. The lowest BCUT2D eigenvalue weighted by Gasteiger charge is -2.08. The molecule has 0 saturated carbocycles. The van der Waals surface area contributed by atoms with E-state index in [9.17, 15) is 14.1 Å². The Labute approximate surface area is 102 Å². The van der Waals surface area contributed by atoms with Crippen molar-refractivity contribution < 1.29 is 14.1 Å². The molecule has 0 aliphatic carbocycles. The summed E-state index contributed by atoms with van der Waals surface area (Å²) in [7, 11) is 0.959. The van der Waals surface area contributed by atoms with Crippen molar-refractivity contribution in [1.29, 1.82) is 0 Å². The van der Waals surface area contributed by atoms with Crippen LogP contribution < -0.4 is 10.6 Å². The molecule has 0 spiro atoms. The van der Waals surface area contributed by atoms with E-state index in [-0.39, 0.29) is 5.12 Å². The molecule has 1 rings (SSSR count). The average Bonchev–Trinajstić information content (AvgIpc) is 2.29. The van der Waals surface area contributed by atoms with Gasteiger partial charge in [-0.05, 0) is 24.3 Å². The standard InChI is InChI=1S/C10H11ClFN3O2/c1-15(12)9(16)6-13-10(17)14-8-4-2-7(11)3-5-8/h2-5H,6H2,1H3,(H2,13,14,17). The minimum atomic E-state index is -0.837. The van der Waals surface area contributed by atoms with E-state index in [0.717, 1.165) is 7.05 Å². The van der Waals surface area contributed by atoms with E-state index < -0.39 is 18.5 Å². The van der Waals surface area contributed by atoms with E-state index in [1.54, 1.807) is 24.3 Å². The SMILES string of the molecule is CN(F)C(=O)CNC(=O)Nc1ccc(Cl)cc1. The highest BCUT2D eigenvalue weighted by atomic mass is 35.5. The molecule has 2 N–H and O–H groups in total. The van der Waals surface area contributed by atoms with E-state index in [1.807, 2.05) is 0 Å². The lowest BCUT2D eigenvalue weighted by molar-refractivity contribution is -0.141. The van der Waals surface area contributed by atoms with Gasteiger partial charge in [-0.2, -0.15) is 5.12 Å². The summed E-state index contributed by atoms with van der Waals surface area (Å²) < 4.78 is 12.3. The van der Waals surface area contributed by atoms with Crippen LogP contribution in [0.3, 0.4) is 0 Å². The zero-order valence-electron chi connectivity index (χ0n) is 9.04. The zero-order chi connectivity index (χ0) is 12.8. The van der Waals surface area contributed by atoms with Crippen LogP contribution in [0, 0.1) is 0 Å². The average molecular weight is 260 g/mol. The number of anilines is 1. The van der Waals surface area contributed by atoms with Gasteiger partial charge in [0.05, 0.1) is 0 Å². The van der Waals surface area contributed by atoms with Crippen LogP contribution in [-0.2, 0) is 4.79 Å². The Morgan fingerprint density at radius 1 is 1.35 bits per heavy atom. The number of urea groups is 1. The Morgan fingerprint density at radius 2 is 1.94 bits per heavy atom. The van der Waals surface area contributed by atoms with Crippen molar-refractivity contribution in [2.24, 2.45) is 0 Å². The number of halogens is 2. The van der Waals surface area contributed by atoms with Crippen LogP contribution in [0.25, 0.3) is 0 Å². The fourth-order valence-electron chi connectivity index (χ4n) is 0.973. The number of nitrogens with zero attached hydrogens (tertiary/aromatic N) is 1. The Kier molecular flexibility index (Phi) is 4.71. The van der Waals surface area contributed by atoms with Crippen molar-refractivity contribution in [2.75, 3.05) is 18.9 Å². The molecule has 0 fully saturated rings. The van der Waals surface area contributed by atoms with Gasteiger partial charge < -0.3 is 10.6 Å². The molecule has 92 valence electrons. The van der Waals surface area contributed by atoms with Crippen LogP contribution in [-0.4, -0.2) is 30.7 Å². The van der Waals surface area contributed by atoms with Gasteiger partial charge >= 0.3 is 6.03 Å². The molecule has 0 aliphatic heterocycles. The Balaban J connectivity index is 2.40. The van der Waals surface area contributed by atoms with Crippen LogP contribution in [0.4, 0.5) is 15.0 Å². The van der Waals surface area contributed by atoms with E-state index in [4.69, 9.17) is 11.6 Å². The fraction of sp³-hybridized carbons (Fsp3) is 0.200. The highest BCUT2D eigenvalue weighted by Gasteiger charge is 2.09. The second-order valence-electron chi connectivity index (χ2n) is 3.19. The summed E-state index contributed by atoms with van der Waals surface area (Å²) in [6, 6.07) is 5.83. The second kappa shape index (κ2) is 6.05. The van der Waals surface area contributed by atoms with Crippen LogP contribution in [0.2, 0.25) is 5.02 Å². The number of hydrogen-bond donors (Lipinski definition) is 2. The number of carbonyl (C=O) groups is 2. The van der Waals surface area contributed by atoms with Crippen LogP contribution in [0.1, 0.15) is 0 Å². The number of amides is 3. The summed E-state index contributed by atoms with van der Waals surface area (Å²) in [5.41, 5.74) is 0.521. The van der Waals surface area contributed by atoms with Gasteiger partial charge in [0.2, 0.25) is 0 Å². The van der Waals surface area contributed by atoms with E-state index >= 15 is 0 Å². The maximum absolute atomic E-state index is 12.3. The van der Waals surface area contributed by atoms with Crippen LogP contribution >= 0.6 is 11.6 Å². The number of likely N-dealkylation sites (N-methyl/N-ethyl adjacent to an activating group) is 1. The van der Waals surface area contributed by atoms with Crippen molar-refractivity contribution in [2.45, 2.75) is 0 Å². The summed E-state index contributed by atoms with van der Waals surface area (Å²) in [5, 5.41) is 5.13. The quantitative estimate of drug-likeness (QED) is 0.813. The maximum atomic E-state index is 12.3. The summed E-state index contributed by atoms with van der Waals surface area (Å²) >= 11 is 5.67. The molecule has 0 unspecified atom stereocenters. The van der Waals surface area contributed by atoms with Gasteiger partial charge in [-0.15, -0.1) is 0 Å². The summed E-state index contributed by atoms with van der Waals surface area (Å²) in [6.45, 7) is -0.410. The minimum Gasteiger partial charge on any atom is -0.329 e. The van der Waals surface area contributed by atoms with Crippen molar-refractivity contribution in [3.63, 3.8) is 0 Å². The van der Waals surface area contributed by atoms with Crippen molar-refractivity contribution in [1.82, 2.24) is 10.4 Å². The van der Waals surface area contributed by atoms with E-state index in [0.29, 0.717) is 10.7 Å². The van der Waals surface area contributed by atoms with Gasteiger partial charge in [0.1, 0.15) is 6.54 Å². The molecule has 0 aromatic heterocycles. The summed E-state index contributed by atoms with van der Waals surface area (Å²) in [6.07, 6.45) is 0. The predicted octanol–water partition coefficient (Wildman–Crippen LogP) is 1.80. The molecular formula is C10H11ClFN3O2. The lowest BCUT2D eigenvalue weighted by Crippen LogP contribution is -2.37. The van der Waals surface area contributed by atoms with Gasteiger partial charge in [0.15, 0.2) is 0 Å². The van der Waals surface area contributed by atoms with Crippen LogP contribution in [0.5, 0.6) is 0 Å². The molecule has 5 nitrogen and oxygen atoms in total. The Hall–Kier alpha value is -1.82. The third-order valence-electron chi connectivity index (χ3n) is 1.85. The molecule has 7 heteroatoms. The molecule has 0 atom stereocenters. The normalized spacial score (nSPS) is 9.59. The molecular weight excluding hydrogens is 249 g/mol. The molecule has 17 heavy (non-hydrogen) atoms. The van der Waals surface area contributed by atoms with Crippen molar-refractivity contribution >= 4 is 29.2 Å². The molecule has 0 saturated heterocycles. The minimum absolute atomic E-state index is 0.0947. The predicted molar refractivity (Wildman–Crippen MR) is 62.4 cm³/mol. The topological polar surface area (TPSA) is 61.4 Å². The van der Waals surface area contributed by atoms with Crippen LogP contribution in [0.15, 0.2) is 24.3 Å². The third kappa shape index (κ3) is 4.69. The summed E-state index contributed by atoms with van der Waals surface area (Å²) in [4.78, 5) is 22.1. The molecule has 3 amide bonds. The Bertz CT molecular complexity index is 409. The Morgan fingerprint density at radius 3 is 2.47 bits per heavy atom. The summed E-state index contributed by atoms with van der Waals surface area (Å²) in [5.74, 6) is -0.837. The van der Waals surface area contributed by atoms with Gasteiger partial charge in [0.25, 0.3) is 5.91 Å². The molecule has 0 heterocycles. The first-order valence-electron chi connectivity index (χ1n) is 4.72. The molecule has 0 bridgehead atoms. The largest absolute Gasteiger partial charge is 0.329 e. The first kappa shape index (κ1) is 13.2. The second-order valence-corrected chi connectivity index (χ2v) is 3.62. The number of rotatable bonds is 3. The van der Waals surface area contributed by atoms with Crippen molar-refractivity contribution in [3.8, 4) is 0 Å². The smallest absolute Gasteiger partial charge is 0.319 e. The number of nitrogens with one attached hydrogen (secondary N) is 2. The fourth-order valence-corrected chi connectivity index (χ4v) is 1.10. The highest BCUT2D eigenvalue weighted by Crippen LogP contribution is 2.12. The van der Waals surface area contributed by atoms with E-state index in [1.165, 1.54) is 0 Å². The van der Waals surface area contributed by atoms with Gasteiger partial charge in [-0.3, -0.25) is 4.79 Å². The van der Waals surface area contributed by atoms with Gasteiger partial charge in [-0.25, -0.2) is 4.79 Å². The lowest BCUT2D eigenvalue weighted by atomic mass is 10.3.